The van der Waals surface area contributed by atoms with Crippen LogP contribution in [0.15, 0.2) is 18.2 Å². The van der Waals surface area contributed by atoms with Crippen LogP contribution in [-0.2, 0) is 4.79 Å². The van der Waals surface area contributed by atoms with E-state index in [0.29, 0.717) is 31.2 Å². The van der Waals surface area contributed by atoms with Gasteiger partial charge in [0, 0.05) is 19.0 Å². The Bertz CT molecular complexity index is 461. The SMILES string of the molecule is CCOc1cc(C2CNCC2C(=O)O)ccc1OC. The summed E-state index contributed by atoms with van der Waals surface area (Å²) in [6.07, 6.45) is 0. The van der Waals surface area contributed by atoms with E-state index in [4.69, 9.17) is 9.47 Å². The van der Waals surface area contributed by atoms with Crippen molar-refractivity contribution >= 4 is 5.97 Å². The Morgan fingerprint density at radius 2 is 2.21 bits per heavy atom. The van der Waals surface area contributed by atoms with Crippen LogP contribution in [0.1, 0.15) is 18.4 Å². The van der Waals surface area contributed by atoms with Gasteiger partial charge in [0.2, 0.25) is 0 Å². The fourth-order valence-corrected chi connectivity index (χ4v) is 2.48. The number of hydrogen-bond acceptors (Lipinski definition) is 4. The number of hydrogen-bond donors (Lipinski definition) is 2. The Balaban J connectivity index is 2.29. The van der Waals surface area contributed by atoms with Crippen molar-refractivity contribution in [3.8, 4) is 11.5 Å². The van der Waals surface area contributed by atoms with Crippen LogP contribution in [0.4, 0.5) is 0 Å². The van der Waals surface area contributed by atoms with Crippen LogP contribution in [0.25, 0.3) is 0 Å². The summed E-state index contributed by atoms with van der Waals surface area (Å²) in [5, 5.41) is 12.4. The number of benzene rings is 1. The molecule has 2 N–H and O–H groups in total. The van der Waals surface area contributed by atoms with Crippen molar-refractivity contribution in [3.63, 3.8) is 0 Å². The van der Waals surface area contributed by atoms with E-state index in [1.807, 2.05) is 25.1 Å². The molecule has 0 aliphatic carbocycles. The third-order valence-electron chi connectivity index (χ3n) is 3.45. The Morgan fingerprint density at radius 1 is 1.42 bits per heavy atom. The van der Waals surface area contributed by atoms with Crippen molar-refractivity contribution < 1.29 is 19.4 Å². The molecule has 0 aromatic heterocycles. The minimum atomic E-state index is -0.760. The van der Waals surface area contributed by atoms with Gasteiger partial charge < -0.3 is 19.9 Å². The number of nitrogens with one attached hydrogen (secondary N) is 1. The molecule has 19 heavy (non-hydrogen) atoms. The molecule has 1 aromatic rings. The summed E-state index contributed by atoms with van der Waals surface area (Å²) in [5.41, 5.74) is 0.974. The van der Waals surface area contributed by atoms with E-state index in [1.165, 1.54) is 0 Å². The van der Waals surface area contributed by atoms with Crippen molar-refractivity contribution in [1.29, 1.82) is 0 Å². The highest BCUT2D eigenvalue weighted by molar-refractivity contribution is 5.72. The van der Waals surface area contributed by atoms with Crippen molar-refractivity contribution in [2.24, 2.45) is 5.92 Å². The van der Waals surface area contributed by atoms with E-state index in [-0.39, 0.29) is 11.8 Å². The quantitative estimate of drug-likeness (QED) is 0.844. The van der Waals surface area contributed by atoms with Crippen LogP contribution in [0.3, 0.4) is 0 Å². The van der Waals surface area contributed by atoms with Gasteiger partial charge in [-0.2, -0.15) is 0 Å². The van der Waals surface area contributed by atoms with Gasteiger partial charge >= 0.3 is 5.97 Å². The van der Waals surface area contributed by atoms with Gasteiger partial charge in [-0.25, -0.2) is 0 Å². The maximum absolute atomic E-state index is 11.2. The largest absolute Gasteiger partial charge is 0.493 e. The lowest BCUT2D eigenvalue weighted by molar-refractivity contribution is -0.141. The fraction of sp³-hybridized carbons (Fsp3) is 0.500. The van der Waals surface area contributed by atoms with Gasteiger partial charge in [0.25, 0.3) is 0 Å². The van der Waals surface area contributed by atoms with E-state index in [2.05, 4.69) is 5.32 Å². The molecule has 2 atom stereocenters. The minimum Gasteiger partial charge on any atom is -0.493 e. The standard InChI is InChI=1S/C14H19NO4/c1-3-19-13-6-9(4-5-12(13)18-2)10-7-15-8-11(10)14(16)17/h4-6,10-11,15H,3,7-8H2,1-2H3,(H,16,17). The van der Waals surface area contributed by atoms with Gasteiger partial charge in [-0.05, 0) is 24.6 Å². The van der Waals surface area contributed by atoms with E-state index in [9.17, 15) is 9.90 Å². The molecule has 5 nitrogen and oxygen atoms in total. The van der Waals surface area contributed by atoms with Crippen molar-refractivity contribution in [2.75, 3.05) is 26.8 Å². The fourth-order valence-electron chi connectivity index (χ4n) is 2.48. The monoisotopic (exact) mass is 265 g/mol. The lowest BCUT2D eigenvalue weighted by atomic mass is 9.89. The van der Waals surface area contributed by atoms with Gasteiger partial charge in [-0.15, -0.1) is 0 Å². The molecule has 1 saturated heterocycles. The summed E-state index contributed by atoms with van der Waals surface area (Å²) < 4.78 is 10.8. The summed E-state index contributed by atoms with van der Waals surface area (Å²) in [4.78, 5) is 11.2. The zero-order valence-corrected chi connectivity index (χ0v) is 11.2. The number of carboxylic acid groups (broad SMARTS) is 1. The van der Waals surface area contributed by atoms with Gasteiger partial charge in [-0.3, -0.25) is 4.79 Å². The van der Waals surface area contributed by atoms with Crippen LogP contribution in [-0.4, -0.2) is 37.9 Å². The first-order valence-electron chi connectivity index (χ1n) is 6.41. The molecule has 1 aromatic carbocycles. The first-order chi connectivity index (χ1) is 9.17. The zero-order chi connectivity index (χ0) is 13.8. The normalized spacial score (nSPS) is 22.2. The highest BCUT2D eigenvalue weighted by atomic mass is 16.5. The smallest absolute Gasteiger partial charge is 0.308 e. The van der Waals surface area contributed by atoms with Crippen LogP contribution < -0.4 is 14.8 Å². The van der Waals surface area contributed by atoms with Crippen LogP contribution in [0.2, 0.25) is 0 Å². The number of carbonyl (C=O) groups is 1. The number of ether oxygens (including phenoxy) is 2. The molecule has 0 spiro atoms. The molecular weight excluding hydrogens is 246 g/mol. The second-order valence-electron chi connectivity index (χ2n) is 4.55. The predicted molar refractivity (Wildman–Crippen MR) is 70.9 cm³/mol. The highest BCUT2D eigenvalue weighted by Gasteiger charge is 2.34. The highest BCUT2D eigenvalue weighted by Crippen LogP contribution is 2.35. The van der Waals surface area contributed by atoms with Crippen molar-refractivity contribution in [1.82, 2.24) is 5.32 Å². The van der Waals surface area contributed by atoms with Gasteiger partial charge in [0.15, 0.2) is 11.5 Å². The average molecular weight is 265 g/mol. The molecule has 0 saturated carbocycles. The summed E-state index contributed by atoms with van der Waals surface area (Å²) >= 11 is 0. The Hall–Kier alpha value is -1.75. The Kier molecular flexibility index (Phi) is 4.27. The molecule has 1 aliphatic heterocycles. The molecule has 0 bridgehead atoms. The maximum Gasteiger partial charge on any atom is 0.308 e. The lowest BCUT2D eigenvalue weighted by Gasteiger charge is -2.17. The molecule has 1 fully saturated rings. The predicted octanol–water partition coefficient (Wildman–Crippen LogP) is 1.48. The Labute approximate surface area is 112 Å². The van der Waals surface area contributed by atoms with E-state index in [1.54, 1.807) is 7.11 Å². The number of carboxylic acids is 1. The molecule has 2 rings (SSSR count). The molecule has 1 aliphatic rings. The molecule has 2 unspecified atom stereocenters. The maximum atomic E-state index is 11.2. The number of methoxy groups -OCH3 is 1. The van der Waals surface area contributed by atoms with Crippen LogP contribution in [0, 0.1) is 5.92 Å². The summed E-state index contributed by atoms with van der Waals surface area (Å²) in [6.45, 7) is 3.64. The minimum absolute atomic E-state index is 0.0254. The molecule has 0 radical (unpaired) electrons. The van der Waals surface area contributed by atoms with E-state index >= 15 is 0 Å². The average Bonchev–Trinajstić information content (AvgIpc) is 2.88. The first kappa shape index (κ1) is 13.7. The van der Waals surface area contributed by atoms with E-state index in [0.717, 1.165) is 5.56 Å². The summed E-state index contributed by atoms with van der Waals surface area (Å²) in [5.74, 6) is 0.163. The second-order valence-corrected chi connectivity index (χ2v) is 4.55. The third kappa shape index (κ3) is 2.81. The number of aliphatic carboxylic acids is 1. The van der Waals surface area contributed by atoms with Gasteiger partial charge in [0.1, 0.15) is 0 Å². The topological polar surface area (TPSA) is 67.8 Å². The van der Waals surface area contributed by atoms with Gasteiger partial charge in [-0.1, -0.05) is 6.07 Å². The molecule has 5 heteroatoms. The first-order valence-corrected chi connectivity index (χ1v) is 6.41. The molecule has 0 amide bonds. The number of rotatable bonds is 5. The summed E-state index contributed by atoms with van der Waals surface area (Å²) in [6, 6.07) is 5.63. The molecule has 104 valence electrons. The molecule has 1 heterocycles. The lowest BCUT2D eigenvalue weighted by Crippen LogP contribution is -2.21. The Morgan fingerprint density at radius 3 is 2.84 bits per heavy atom. The van der Waals surface area contributed by atoms with E-state index < -0.39 is 5.97 Å². The third-order valence-corrected chi connectivity index (χ3v) is 3.45. The zero-order valence-electron chi connectivity index (χ0n) is 11.2. The van der Waals surface area contributed by atoms with Crippen molar-refractivity contribution in [3.05, 3.63) is 23.8 Å². The van der Waals surface area contributed by atoms with Gasteiger partial charge in [0.05, 0.1) is 19.6 Å². The second kappa shape index (κ2) is 5.93. The summed E-state index contributed by atoms with van der Waals surface area (Å²) in [7, 11) is 1.59. The van der Waals surface area contributed by atoms with Crippen LogP contribution >= 0.6 is 0 Å². The molecular formula is C14H19NO4. The van der Waals surface area contributed by atoms with Crippen molar-refractivity contribution in [2.45, 2.75) is 12.8 Å². The van der Waals surface area contributed by atoms with Crippen LogP contribution in [0.5, 0.6) is 11.5 Å².